The number of nitrogens with zero attached hydrogens (tertiary/aromatic N) is 4. The van der Waals surface area contributed by atoms with Gasteiger partial charge in [-0.3, -0.25) is 4.79 Å². The molecule has 1 rings (SSSR count). The van der Waals surface area contributed by atoms with Crippen molar-refractivity contribution in [2.75, 3.05) is 0 Å². The van der Waals surface area contributed by atoms with E-state index >= 15 is 0 Å². The summed E-state index contributed by atoms with van der Waals surface area (Å²) in [7, 11) is 0. The van der Waals surface area contributed by atoms with E-state index < -0.39 is 5.97 Å². The summed E-state index contributed by atoms with van der Waals surface area (Å²) in [6.07, 6.45) is -0.134. The Morgan fingerprint density at radius 1 is 1.67 bits per heavy atom. The number of rotatable bonds is 3. The maximum atomic E-state index is 10.3. The molecule has 1 N–H and O–H groups in total. The molecule has 12 heavy (non-hydrogen) atoms. The Morgan fingerprint density at radius 2 is 2.33 bits per heavy atom. The predicted molar refractivity (Wildman–Crippen MR) is 39.5 cm³/mol. The molecule has 66 valence electrons. The number of aliphatic carboxylic acids is 1. The van der Waals surface area contributed by atoms with Crippen molar-refractivity contribution in [1.29, 1.82) is 0 Å². The maximum absolute atomic E-state index is 10.3. The third-order valence-corrected chi connectivity index (χ3v) is 1.36. The van der Waals surface area contributed by atoms with Crippen LogP contribution in [0.1, 0.15) is 25.7 Å². The summed E-state index contributed by atoms with van der Waals surface area (Å²) in [6, 6.07) is 0.0920. The predicted octanol–water partition coefficient (Wildman–Crippen LogP) is -0.119. The molecule has 1 aromatic heterocycles. The van der Waals surface area contributed by atoms with E-state index in [1.807, 2.05) is 13.8 Å². The van der Waals surface area contributed by atoms with Crippen molar-refractivity contribution in [2.45, 2.75) is 26.3 Å². The summed E-state index contributed by atoms with van der Waals surface area (Å²) in [5.41, 5.74) is 0. The molecule has 0 aromatic carbocycles. The topological polar surface area (TPSA) is 80.9 Å². The molecule has 0 aliphatic heterocycles. The summed E-state index contributed by atoms with van der Waals surface area (Å²) in [5, 5.41) is 19.1. The average Bonchev–Trinajstić information content (AvgIpc) is 2.33. The van der Waals surface area contributed by atoms with Crippen molar-refractivity contribution in [2.24, 2.45) is 0 Å². The molecule has 1 heterocycles. The second-order valence-corrected chi connectivity index (χ2v) is 2.70. The van der Waals surface area contributed by atoms with E-state index in [1.54, 1.807) is 0 Å². The fourth-order valence-corrected chi connectivity index (χ4v) is 0.865. The molecule has 1 aromatic rings. The molecular weight excluding hydrogens is 160 g/mol. The smallest absolute Gasteiger partial charge is 0.311 e. The average molecular weight is 170 g/mol. The number of carbonyl (C=O) groups is 1. The zero-order valence-electron chi connectivity index (χ0n) is 6.93. The molecule has 0 saturated carbocycles. The Morgan fingerprint density at radius 3 is 2.83 bits per heavy atom. The molecule has 0 spiro atoms. The van der Waals surface area contributed by atoms with Crippen LogP contribution in [0, 0.1) is 0 Å². The van der Waals surface area contributed by atoms with Gasteiger partial charge in [-0.15, -0.1) is 5.10 Å². The fourth-order valence-electron chi connectivity index (χ4n) is 0.865. The number of tetrazole rings is 1. The number of carboxylic acids is 1. The minimum absolute atomic E-state index is 0.0920. The van der Waals surface area contributed by atoms with Crippen LogP contribution in [0.5, 0.6) is 0 Å². The highest BCUT2D eigenvalue weighted by Crippen LogP contribution is 2.03. The summed E-state index contributed by atoms with van der Waals surface area (Å²) in [4.78, 5) is 10.3. The van der Waals surface area contributed by atoms with Crippen molar-refractivity contribution in [1.82, 2.24) is 20.2 Å². The highest BCUT2D eigenvalue weighted by Gasteiger charge is 2.11. The number of carboxylic acid groups (broad SMARTS) is 1. The largest absolute Gasteiger partial charge is 0.481 e. The monoisotopic (exact) mass is 170 g/mol. The van der Waals surface area contributed by atoms with Crippen LogP contribution in [-0.4, -0.2) is 31.3 Å². The van der Waals surface area contributed by atoms with Crippen LogP contribution in [0.2, 0.25) is 0 Å². The summed E-state index contributed by atoms with van der Waals surface area (Å²) >= 11 is 0. The first kappa shape index (κ1) is 8.63. The highest BCUT2D eigenvalue weighted by atomic mass is 16.4. The molecule has 0 saturated heterocycles. The van der Waals surface area contributed by atoms with E-state index in [-0.39, 0.29) is 12.5 Å². The zero-order chi connectivity index (χ0) is 9.14. The minimum Gasteiger partial charge on any atom is -0.481 e. The van der Waals surface area contributed by atoms with Crippen molar-refractivity contribution < 1.29 is 9.90 Å². The first-order valence-corrected chi connectivity index (χ1v) is 3.59. The van der Waals surface area contributed by atoms with Crippen LogP contribution < -0.4 is 0 Å². The van der Waals surface area contributed by atoms with Crippen LogP contribution in [0.25, 0.3) is 0 Å². The molecule has 6 nitrogen and oxygen atoms in total. The molecule has 0 fully saturated rings. The normalized spacial score (nSPS) is 10.6. The Balaban J connectivity index is 2.84. The van der Waals surface area contributed by atoms with E-state index in [4.69, 9.17) is 5.11 Å². The number of hydrogen-bond donors (Lipinski definition) is 1. The van der Waals surface area contributed by atoms with Gasteiger partial charge in [0.2, 0.25) is 0 Å². The lowest BCUT2D eigenvalue weighted by Crippen LogP contribution is -2.12. The summed E-state index contributed by atoms with van der Waals surface area (Å²) in [6.45, 7) is 3.78. The fraction of sp³-hybridized carbons (Fsp3) is 0.667. The molecule has 0 aliphatic rings. The Hall–Kier alpha value is -1.46. The van der Waals surface area contributed by atoms with Gasteiger partial charge in [0.1, 0.15) is 6.42 Å². The lowest BCUT2D eigenvalue weighted by molar-refractivity contribution is -0.136. The first-order chi connectivity index (χ1) is 5.61. The lowest BCUT2D eigenvalue weighted by atomic mass is 10.3. The molecule has 6 heteroatoms. The number of aromatic nitrogens is 4. The Bertz CT molecular complexity index is 281. The molecule has 0 amide bonds. The molecule has 0 atom stereocenters. The van der Waals surface area contributed by atoms with Gasteiger partial charge in [-0.1, -0.05) is 0 Å². The van der Waals surface area contributed by atoms with Crippen molar-refractivity contribution in [3.63, 3.8) is 0 Å². The quantitative estimate of drug-likeness (QED) is 0.684. The van der Waals surface area contributed by atoms with Gasteiger partial charge in [0.05, 0.1) is 6.04 Å². The van der Waals surface area contributed by atoms with Crippen LogP contribution in [-0.2, 0) is 11.2 Å². The van der Waals surface area contributed by atoms with Crippen LogP contribution >= 0.6 is 0 Å². The Labute approximate surface area is 69.2 Å². The van der Waals surface area contributed by atoms with Gasteiger partial charge in [0, 0.05) is 0 Å². The molecule has 0 bridgehead atoms. The van der Waals surface area contributed by atoms with Gasteiger partial charge >= 0.3 is 5.97 Å². The molecular formula is C6H10N4O2. The van der Waals surface area contributed by atoms with E-state index in [0.717, 1.165) is 0 Å². The molecule has 0 radical (unpaired) electrons. The van der Waals surface area contributed by atoms with Gasteiger partial charge in [-0.2, -0.15) is 0 Å². The van der Waals surface area contributed by atoms with Crippen molar-refractivity contribution in [3.8, 4) is 0 Å². The van der Waals surface area contributed by atoms with Crippen molar-refractivity contribution >= 4 is 5.97 Å². The van der Waals surface area contributed by atoms with Gasteiger partial charge < -0.3 is 5.11 Å². The second-order valence-electron chi connectivity index (χ2n) is 2.70. The van der Waals surface area contributed by atoms with Gasteiger partial charge in [-0.05, 0) is 24.3 Å². The van der Waals surface area contributed by atoms with Crippen LogP contribution in [0.4, 0.5) is 0 Å². The highest BCUT2D eigenvalue weighted by molar-refractivity contribution is 5.68. The third-order valence-electron chi connectivity index (χ3n) is 1.36. The van der Waals surface area contributed by atoms with Crippen LogP contribution in [0.3, 0.4) is 0 Å². The van der Waals surface area contributed by atoms with Gasteiger partial charge in [0.25, 0.3) is 0 Å². The SMILES string of the molecule is CC(C)n1nnnc1CC(=O)O. The lowest BCUT2D eigenvalue weighted by Gasteiger charge is -2.04. The van der Waals surface area contributed by atoms with Gasteiger partial charge in [0.15, 0.2) is 5.82 Å². The van der Waals surface area contributed by atoms with E-state index in [2.05, 4.69) is 15.5 Å². The molecule has 0 unspecified atom stereocenters. The van der Waals surface area contributed by atoms with E-state index in [0.29, 0.717) is 5.82 Å². The second kappa shape index (κ2) is 3.29. The summed E-state index contributed by atoms with van der Waals surface area (Å²) in [5.74, 6) is -0.538. The maximum Gasteiger partial charge on any atom is 0.311 e. The van der Waals surface area contributed by atoms with Crippen LogP contribution in [0.15, 0.2) is 0 Å². The molecule has 0 aliphatic carbocycles. The van der Waals surface area contributed by atoms with E-state index in [9.17, 15) is 4.79 Å². The van der Waals surface area contributed by atoms with E-state index in [1.165, 1.54) is 4.68 Å². The standard InChI is InChI=1S/C6H10N4O2/c1-4(2)10-5(3-6(11)12)7-8-9-10/h4H,3H2,1-2H3,(H,11,12). The minimum atomic E-state index is -0.924. The third kappa shape index (κ3) is 1.77. The zero-order valence-corrected chi connectivity index (χ0v) is 6.93. The van der Waals surface area contributed by atoms with Gasteiger partial charge in [-0.25, -0.2) is 4.68 Å². The summed E-state index contributed by atoms with van der Waals surface area (Å²) < 4.78 is 1.49. The first-order valence-electron chi connectivity index (χ1n) is 3.59. The van der Waals surface area contributed by atoms with Crippen molar-refractivity contribution in [3.05, 3.63) is 5.82 Å². The Kier molecular flexibility index (Phi) is 2.37. The number of hydrogen-bond acceptors (Lipinski definition) is 4.